The van der Waals surface area contributed by atoms with Gasteiger partial charge in [0.25, 0.3) is 6.29 Å². The van der Waals surface area contributed by atoms with Gasteiger partial charge in [0.1, 0.15) is 0 Å². The molecule has 0 unspecified atom stereocenters. The van der Waals surface area contributed by atoms with Crippen LogP contribution in [-0.2, 0) is 0 Å². The van der Waals surface area contributed by atoms with E-state index in [2.05, 4.69) is 48.5 Å². The smallest absolute Gasteiger partial charge is 0.252 e. The van der Waals surface area contributed by atoms with Crippen molar-refractivity contribution in [2.75, 3.05) is 0 Å². The van der Waals surface area contributed by atoms with Gasteiger partial charge in [-0.2, -0.15) is 0 Å². The molecule has 0 amide bonds. The third-order valence-corrected chi connectivity index (χ3v) is 4.49. The molecule has 5 rings (SSSR count). The number of hydrogen-bond acceptors (Lipinski definition) is 2. The highest BCUT2D eigenvalue weighted by molar-refractivity contribution is 5.79. The molecule has 0 saturated heterocycles. The van der Waals surface area contributed by atoms with E-state index >= 15 is 0 Å². The quantitative estimate of drug-likeness (QED) is 0.651. The van der Waals surface area contributed by atoms with Crippen molar-refractivity contribution in [1.29, 1.82) is 0 Å². The van der Waals surface area contributed by atoms with Crippen LogP contribution in [0.4, 0.5) is 0 Å². The summed E-state index contributed by atoms with van der Waals surface area (Å²) in [5.74, 6) is 1.77. The monoisotopic (exact) mass is 286 g/mol. The van der Waals surface area contributed by atoms with Crippen LogP contribution >= 0.6 is 0 Å². The molecule has 0 bridgehead atoms. The first-order valence-electron chi connectivity index (χ1n) is 7.52. The molecule has 2 aliphatic rings. The number of para-hydroxylation sites is 2. The molecule has 1 heterocycles. The van der Waals surface area contributed by atoms with Crippen molar-refractivity contribution < 1.29 is 9.47 Å². The lowest BCUT2D eigenvalue weighted by Crippen LogP contribution is -2.26. The largest absolute Gasteiger partial charge is 0.450 e. The number of fused-ring (bicyclic) bond motifs is 4. The van der Waals surface area contributed by atoms with Crippen molar-refractivity contribution in [3.63, 3.8) is 0 Å². The average Bonchev–Trinajstić information content (AvgIpc) is 3.13. The highest BCUT2D eigenvalue weighted by Gasteiger charge is 2.40. The third kappa shape index (κ3) is 1.55. The van der Waals surface area contributed by atoms with E-state index in [0.29, 0.717) is 0 Å². The molecule has 1 aliphatic heterocycles. The Bertz CT molecular complexity index is 798. The second-order valence-electron chi connectivity index (χ2n) is 5.70. The minimum absolute atomic E-state index is 0.111. The molecule has 0 saturated carbocycles. The van der Waals surface area contributed by atoms with Crippen LogP contribution in [0.3, 0.4) is 0 Å². The van der Waals surface area contributed by atoms with Crippen LogP contribution in [0.5, 0.6) is 11.5 Å². The molecule has 0 spiro atoms. The van der Waals surface area contributed by atoms with Crippen molar-refractivity contribution in [3.8, 4) is 22.6 Å². The van der Waals surface area contributed by atoms with E-state index in [-0.39, 0.29) is 12.2 Å². The molecule has 22 heavy (non-hydrogen) atoms. The SMILES string of the molecule is c1ccc2c(c1)OC(C1c3ccccc3-c3ccccc31)O2. The summed E-state index contributed by atoms with van der Waals surface area (Å²) in [6.07, 6.45) is -0.304. The van der Waals surface area contributed by atoms with Crippen LogP contribution in [0.25, 0.3) is 11.1 Å². The lowest BCUT2D eigenvalue weighted by Gasteiger charge is -2.20. The van der Waals surface area contributed by atoms with Crippen molar-refractivity contribution in [3.05, 3.63) is 83.9 Å². The maximum absolute atomic E-state index is 6.08. The van der Waals surface area contributed by atoms with E-state index in [1.165, 1.54) is 22.3 Å². The fourth-order valence-corrected chi connectivity index (χ4v) is 3.54. The predicted octanol–water partition coefficient (Wildman–Crippen LogP) is 4.60. The lowest BCUT2D eigenvalue weighted by molar-refractivity contribution is 0.0359. The lowest BCUT2D eigenvalue weighted by atomic mass is 9.96. The van der Waals surface area contributed by atoms with Gasteiger partial charge in [-0.05, 0) is 34.4 Å². The summed E-state index contributed by atoms with van der Waals surface area (Å²) in [4.78, 5) is 0. The Hall–Kier alpha value is -2.74. The Kier molecular flexibility index (Phi) is 2.36. The topological polar surface area (TPSA) is 18.5 Å². The minimum Gasteiger partial charge on any atom is -0.450 e. The van der Waals surface area contributed by atoms with Crippen LogP contribution in [0.2, 0.25) is 0 Å². The minimum atomic E-state index is -0.304. The first-order chi connectivity index (χ1) is 10.9. The molecule has 3 aromatic carbocycles. The van der Waals surface area contributed by atoms with Crippen LogP contribution in [0.15, 0.2) is 72.8 Å². The molecule has 1 aliphatic carbocycles. The molecule has 0 atom stereocenters. The molecular formula is C20H14O2. The summed E-state index contributed by atoms with van der Waals surface area (Å²) < 4.78 is 12.2. The van der Waals surface area contributed by atoms with E-state index in [1.54, 1.807) is 0 Å². The zero-order valence-electron chi connectivity index (χ0n) is 11.9. The van der Waals surface area contributed by atoms with Gasteiger partial charge in [-0.15, -0.1) is 0 Å². The van der Waals surface area contributed by atoms with Gasteiger partial charge in [0.2, 0.25) is 0 Å². The first-order valence-corrected chi connectivity index (χ1v) is 7.52. The summed E-state index contributed by atoms with van der Waals surface area (Å²) in [5, 5.41) is 0. The molecule has 3 aromatic rings. The fraction of sp³-hybridized carbons (Fsp3) is 0.100. The van der Waals surface area contributed by atoms with Crippen LogP contribution in [0, 0.1) is 0 Å². The van der Waals surface area contributed by atoms with Gasteiger partial charge in [-0.25, -0.2) is 0 Å². The van der Waals surface area contributed by atoms with Crippen LogP contribution in [-0.4, -0.2) is 6.29 Å². The normalized spacial score (nSPS) is 15.6. The van der Waals surface area contributed by atoms with Crippen molar-refractivity contribution in [2.24, 2.45) is 0 Å². The van der Waals surface area contributed by atoms with Crippen LogP contribution < -0.4 is 9.47 Å². The van der Waals surface area contributed by atoms with Gasteiger partial charge >= 0.3 is 0 Å². The van der Waals surface area contributed by atoms with E-state index in [0.717, 1.165) is 11.5 Å². The Morgan fingerprint density at radius 1 is 0.545 bits per heavy atom. The maximum atomic E-state index is 6.08. The molecule has 2 nitrogen and oxygen atoms in total. The molecule has 2 heteroatoms. The molecule has 0 radical (unpaired) electrons. The van der Waals surface area contributed by atoms with E-state index in [4.69, 9.17) is 9.47 Å². The first kappa shape index (κ1) is 11.9. The van der Waals surface area contributed by atoms with Crippen molar-refractivity contribution >= 4 is 0 Å². The Morgan fingerprint density at radius 3 is 1.55 bits per heavy atom. The number of rotatable bonds is 1. The number of benzene rings is 3. The average molecular weight is 286 g/mol. The third-order valence-electron chi connectivity index (χ3n) is 4.49. The highest BCUT2D eigenvalue weighted by Crippen LogP contribution is 2.49. The zero-order valence-corrected chi connectivity index (χ0v) is 11.9. The second kappa shape index (κ2) is 4.38. The highest BCUT2D eigenvalue weighted by atomic mass is 16.7. The Morgan fingerprint density at radius 2 is 1.00 bits per heavy atom. The summed E-state index contributed by atoms with van der Waals surface area (Å²) in [5.41, 5.74) is 5.13. The standard InChI is InChI=1S/C20H14O2/c1-3-9-15-13(7-1)14-8-2-4-10-16(14)19(15)20-21-17-11-5-6-12-18(17)22-20/h1-12,19-20H. The van der Waals surface area contributed by atoms with Gasteiger partial charge in [0.15, 0.2) is 11.5 Å². The van der Waals surface area contributed by atoms with Gasteiger partial charge < -0.3 is 9.47 Å². The molecule has 106 valence electrons. The maximum Gasteiger partial charge on any atom is 0.252 e. The Balaban J connectivity index is 1.64. The Labute approximate surface area is 128 Å². The van der Waals surface area contributed by atoms with Crippen molar-refractivity contribution in [2.45, 2.75) is 12.2 Å². The number of hydrogen-bond donors (Lipinski definition) is 0. The summed E-state index contributed by atoms with van der Waals surface area (Å²) in [7, 11) is 0. The van der Waals surface area contributed by atoms with Gasteiger partial charge in [-0.3, -0.25) is 0 Å². The van der Waals surface area contributed by atoms with Crippen LogP contribution in [0.1, 0.15) is 17.0 Å². The fourth-order valence-electron chi connectivity index (χ4n) is 3.54. The molecule has 0 aromatic heterocycles. The zero-order chi connectivity index (χ0) is 14.5. The van der Waals surface area contributed by atoms with Crippen molar-refractivity contribution in [1.82, 2.24) is 0 Å². The second-order valence-corrected chi connectivity index (χ2v) is 5.70. The van der Waals surface area contributed by atoms with Gasteiger partial charge in [0, 0.05) is 0 Å². The van der Waals surface area contributed by atoms with Gasteiger partial charge in [0.05, 0.1) is 5.92 Å². The molecule has 0 fully saturated rings. The summed E-state index contributed by atoms with van der Waals surface area (Å²) >= 11 is 0. The predicted molar refractivity (Wildman–Crippen MR) is 85.2 cm³/mol. The summed E-state index contributed by atoms with van der Waals surface area (Å²) in [6.45, 7) is 0. The van der Waals surface area contributed by atoms with E-state index in [9.17, 15) is 0 Å². The van der Waals surface area contributed by atoms with Gasteiger partial charge in [-0.1, -0.05) is 60.7 Å². The molecular weight excluding hydrogens is 272 g/mol. The van der Waals surface area contributed by atoms with E-state index < -0.39 is 0 Å². The summed E-state index contributed by atoms with van der Waals surface area (Å²) in [6, 6.07) is 24.9. The molecule has 0 N–H and O–H groups in total. The number of ether oxygens (including phenoxy) is 2. The van der Waals surface area contributed by atoms with E-state index in [1.807, 2.05) is 24.3 Å².